The third-order valence-electron chi connectivity index (χ3n) is 2.32. The third kappa shape index (κ3) is 4.25. The van der Waals surface area contributed by atoms with E-state index in [0.29, 0.717) is 5.56 Å². The summed E-state index contributed by atoms with van der Waals surface area (Å²) in [5, 5.41) is 2.83. The predicted octanol–water partition coefficient (Wildman–Crippen LogP) is 2.03. The summed E-state index contributed by atoms with van der Waals surface area (Å²) in [5.74, 6) is -0.130. The van der Waals surface area contributed by atoms with Crippen molar-refractivity contribution >= 4 is 28.5 Å². The molecule has 0 aliphatic rings. The molecule has 1 amide bonds. The molecule has 0 heterocycles. The molecule has 1 aromatic carbocycles. The second-order valence-corrected chi connectivity index (χ2v) is 4.86. The molecule has 94 valence electrons. The molecule has 0 aliphatic heterocycles. The molecule has 0 aromatic heterocycles. The molecule has 5 heteroatoms. The van der Waals surface area contributed by atoms with Crippen molar-refractivity contribution in [1.29, 1.82) is 0 Å². The maximum Gasteiger partial charge on any atom is 0.251 e. The zero-order valence-corrected chi connectivity index (χ0v) is 12.2. The fraction of sp³-hybridized carbons (Fsp3) is 0.417. The van der Waals surface area contributed by atoms with Crippen LogP contribution in [0.2, 0.25) is 0 Å². The topological polar surface area (TPSA) is 47.6 Å². The minimum Gasteiger partial charge on any atom is -0.354 e. The van der Waals surface area contributed by atoms with Crippen molar-refractivity contribution in [2.75, 3.05) is 14.2 Å². The normalized spacial score (nSPS) is 12.5. The molecule has 1 unspecified atom stereocenters. The van der Waals surface area contributed by atoms with Crippen LogP contribution in [-0.4, -0.2) is 32.5 Å². The molecule has 4 nitrogen and oxygen atoms in total. The highest BCUT2D eigenvalue weighted by atomic mass is 127. The van der Waals surface area contributed by atoms with Gasteiger partial charge in [-0.25, -0.2) is 0 Å². The van der Waals surface area contributed by atoms with Crippen LogP contribution >= 0.6 is 22.6 Å². The Morgan fingerprint density at radius 2 is 2.00 bits per heavy atom. The second-order valence-electron chi connectivity index (χ2n) is 3.61. The van der Waals surface area contributed by atoms with Crippen molar-refractivity contribution in [3.63, 3.8) is 0 Å². The molecule has 0 aliphatic carbocycles. The highest BCUT2D eigenvalue weighted by molar-refractivity contribution is 14.1. The Morgan fingerprint density at radius 3 is 2.53 bits per heavy atom. The van der Waals surface area contributed by atoms with Crippen LogP contribution < -0.4 is 5.32 Å². The molecule has 1 N–H and O–H groups in total. The maximum atomic E-state index is 11.9. The van der Waals surface area contributed by atoms with E-state index in [0.717, 1.165) is 3.57 Å². The third-order valence-corrected chi connectivity index (χ3v) is 2.99. The van der Waals surface area contributed by atoms with Crippen LogP contribution in [-0.2, 0) is 9.47 Å². The first-order chi connectivity index (χ1) is 8.08. The molecule has 0 spiro atoms. The van der Waals surface area contributed by atoms with Gasteiger partial charge in [-0.2, -0.15) is 0 Å². The van der Waals surface area contributed by atoms with Gasteiger partial charge in [0, 0.05) is 23.4 Å². The number of halogens is 1. The minimum absolute atomic E-state index is 0.130. The smallest absolute Gasteiger partial charge is 0.251 e. The largest absolute Gasteiger partial charge is 0.354 e. The number of carbonyl (C=O) groups is 1. The summed E-state index contributed by atoms with van der Waals surface area (Å²) < 4.78 is 11.2. The van der Waals surface area contributed by atoms with Gasteiger partial charge in [-0.15, -0.1) is 0 Å². The van der Waals surface area contributed by atoms with E-state index >= 15 is 0 Å². The van der Waals surface area contributed by atoms with E-state index in [2.05, 4.69) is 27.9 Å². The van der Waals surface area contributed by atoms with Crippen molar-refractivity contribution in [2.24, 2.45) is 0 Å². The predicted molar refractivity (Wildman–Crippen MR) is 73.9 cm³/mol. The molecular weight excluding hydrogens is 333 g/mol. The zero-order chi connectivity index (χ0) is 12.8. The molecule has 0 saturated heterocycles. The van der Waals surface area contributed by atoms with Gasteiger partial charge in [-0.1, -0.05) is 6.07 Å². The lowest BCUT2D eigenvalue weighted by molar-refractivity contribution is -0.117. The first-order valence-corrected chi connectivity index (χ1v) is 6.28. The second kappa shape index (κ2) is 6.93. The van der Waals surface area contributed by atoms with Crippen LogP contribution in [0.4, 0.5) is 0 Å². The molecule has 1 rings (SSSR count). The van der Waals surface area contributed by atoms with E-state index in [1.54, 1.807) is 20.3 Å². The quantitative estimate of drug-likeness (QED) is 0.654. The van der Waals surface area contributed by atoms with Gasteiger partial charge in [0.2, 0.25) is 0 Å². The van der Waals surface area contributed by atoms with Gasteiger partial charge in [0.1, 0.15) is 0 Å². The van der Waals surface area contributed by atoms with Gasteiger partial charge in [0.15, 0.2) is 6.29 Å². The lowest BCUT2D eigenvalue weighted by Gasteiger charge is -2.22. The van der Waals surface area contributed by atoms with Crippen molar-refractivity contribution in [2.45, 2.75) is 19.3 Å². The number of hydrogen-bond acceptors (Lipinski definition) is 3. The number of ether oxygens (including phenoxy) is 2. The summed E-state index contributed by atoms with van der Waals surface area (Å²) in [7, 11) is 3.09. The summed E-state index contributed by atoms with van der Waals surface area (Å²) >= 11 is 2.17. The Morgan fingerprint density at radius 1 is 1.35 bits per heavy atom. The van der Waals surface area contributed by atoms with Crippen LogP contribution in [0.3, 0.4) is 0 Å². The lowest BCUT2D eigenvalue weighted by Crippen LogP contribution is -2.42. The van der Waals surface area contributed by atoms with E-state index < -0.39 is 6.29 Å². The first kappa shape index (κ1) is 14.4. The van der Waals surface area contributed by atoms with Gasteiger partial charge in [0.05, 0.1) is 6.04 Å². The van der Waals surface area contributed by atoms with Crippen LogP contribution in [0.25, 0.3) is 0 Å². The van der Waals surface area contributed by atoms with Crippen LogP contribution in [0.15, 0.2) is 24.3 Å². The Hall–Kier alpha value is -0.660. The van der Waals surface area contributed by atoms with Crippen molar-refractivity contribution in [3.05, 3.63) is 33.4 Å². The van der Waals surface area contributed by atoms with Gasteiger partial charge in [-0.05, 0) is 47.7 Å². The molecule has 1 aromatic rings. The van der Waals surface area contributed by atoms with Gasteiger partial charge < -0.3 is 14.8 Å². The maximum absolute atomic E-state index is 11.9. The average Bonchev–Trinajstić information content (AvgIpc) is 2.30. The Labute approximate surface area is 115 Å². The fourth-order valence-corrected chi connectivity index (χ4v) is 2.04. The first-order valence-electron chi connectivity index (χ1n) is 5.20. The summed E-state index contributed by atoms with van der Waals surface area (Å²) in [6, 6.07) is 7.19. The van der Waals surface area contributed by atoms with E-state index in [4.69, 9.17) is 9.47 Å². The summed E-state index contributed by atoms with van der Waals surface area (Å²) in [6.07, 6.45) is -0.443. The van der Waals surface area contributed by atoms with Crippen LogP contribution in [0, 0.1) is 3.57 Å². The van der Waals surface area contributed by atoms with Crippen molar-refractivity contribution < 1.29 is 14.3 Å². The number of carbonyl (C=O) groups excluding carboxylic acids is 1. The van der Waals surface area contributed by atoms with E-state index in [1.807, 2.05) is 25.1 Å². The van der Waals surface area contributed by atoms with Crippen LogP contribution in [0.5, 0.6) is 0 Å². The van der Waals surface area contributed by atoms with Crippen molar-refractivity contribution in [1.82, 2.24) is 5.32 Å². The highest BCUT2D eigenvalue weighted by Crippen LogP contribution is 2.08. The Bertz CT molecular complexity index is 380. The van der Waals surface area contributed by atoms with E-state index in [9.17, 15) is 4.79 Å². The van der Waals surface area contributed by atoms with E-state index in [1.165, 1.54) is 0 Å². The molecule has 0 fully saturated rings. The van der Waals surface area contributed by atoms with Gasteiger partial charge in [-0.3, -0.25) is 4.79 Å². The lowest BCUT2D eigenvalue weighted by atomic mass is 10.2. The van der Waals surface area contributed by atoms with Crippen molar-refractivity contribution in [3.8, 4) is 0 Å². The van der Waals surface area contributed by atoms with Crippen LogP contribution in [0.1, 0.15) is 17.3 Å². The standard InChI is InChI=1S/C12H16INO3/c1-8(12(16-2)17-3)14-11(15)9-5-4-6-10(13)7-9/h4-8,12H,1-3H3,(H,14,15). The zero-order valence-electron chi connectivity index (χ0n) is 10.1. The SMILES string of the molecule is COC(OC)C(C)NC(=O)c1cccc(I)c1. The number of benzene rings is 1. The Kier molecular flexibility index (Phi) is 5.87. The minimum atomic E-state index is -0.443. The molecular formula is C12H16INO3. The fourth-order valence-electron chi connectivity index (χ4n) is 1.49. The number of amides is 1. The Balaban J connectivity index is 2.66. The summed E-state index contributed by atoms with van der Waals surface area (Å²) in [4.78, 5) is 11.9. The monoisotopic (exact) mass is 349 g/mol. The molecule has 0 radical (unpaired) electrons. The number of hydrogen-bond donors (Lipinski definition) is 1. The molecule has 1 atom stereocenters. The number of methoxy groups -OCH3 is 2. The highest BCUT2D eigenvalue weighted by Gasteiger charge is 2.18. The molecule has 17 heavy (non-hydrogen) atoms. The summed E-state index contributed by atoms with van der Waals surface area (Å²) in [6.45, 7) is 1.84. The summed E-state index contributed by atoms with van der Waals surface area (Å²) in [5.41, 5.74) is 0.634. The van der Waals surface area contributed by atoms with Gasteiger partial charge >= 0.3 is 0 Å². The molecule has 0 bridgehead atoms. The number of rotatable bonds is 5. The van der Waals surface area contributed by atoms with E-state index in [-0.39, 0.29) is 11.9 Å². The average molecular weight is 349 g/mol. The molecule has 0 saturated carbocycles. The van der Waals surface area contributed by atoms with Gasteiger partial charge in [0.25, 0.3) is 5.91 Å². The number of nitrogens with one attached hydrogen (secondary N) is 1.